The van der Waals surface area contributed by atoms with E-state index < -0.39 is 0 Å². The first-order valence-corrected chi connectivity index (χ1v) is 9.16. The first kappa shape index (κ1) is 18.5. The second kappa shape index (κ2) is 8.88. The Bertz CT molecular complexity index is 813. The van der Waals surface area contributed by atoms with E-state index in [0.717, 1.165) is 30.8 Å². The largest absolute Gasteiger partial charge is 0.477 e. The molecule has 0 spiro atoms. The molecule has 0 bridgehead atoms. The first-order valence-electron chi connectivity index (χ1n) is 8.78. The number of rotatable bonds is 8. The van der Waals surface area contributed by atoms with Crippen LogP contribution in [0, 0.1) is 0 Å². The van der Waals surface area contributed by atoms with Gasteiger partial charge in [-0.1, -0.05) is 41.9 Å². The highest BCUT2D eigenvalue weighted by atomic mass is 35.5. The number of ether oxygens (including phenoxy) is 1. The average Bonchev–Trinajstić information content (AvgIpc) is 3.03. The minimum absolute atomic E-state index is 0.653. The highest BCUT2D eigenvalue weighted by molar-refractivity contribution is 6.30. The van der Waals surface area contributed by atoms with Crippen LogP contribution in [0.4, 0.5) is 0 Å². The van der Waals surface area contributed by atoms with Crippen molar-refractivity contribution in [3.63, 3.8) is 0 Å². The standard InChI is InChI=1S/C21H24ClN3O/c1-24(2)13-6-14-26-21-16-20(15-17-7-4-3-5-8-17)25(23-21)19-11-9-18(22)10-12-19/h3-5,7-12,16H,6,13-15H2,1-2H3. The lowest BCUT2D eigenvalue weighted by Gasteiger charge is -2.09. The van der Waals surface area contributed by atoms with Gasteiger partial charge in [0.1, 0.15) is 0 Å². The number of hydrogen-bond acceptors (Lipinski definition) is 3. The lowest BCUT2D eigenvalue weighted by molar-refractivity contribution is 0.272. The van der Waals surface area contributed by atoms with Crippen LogP contribution < -0.4 is 4.74 Å². The molecule has 0 saturated carbocycles. The van der Waals surface area contributed by atoms with Gasteiger partial charge >= 0.3 is 0 Å². The molecule has 1 heterocycles. The van der Waals surface area contributed by atoms with E-state index in [1.54, 1.807) is 0 Å². The van der Waals surface area contributed by atoms with Crippen molar-refractivity contribution in [2.45, 2.75) is 12.8 Å². The molecular weight excluding hydrogens is 346 g/mol. The van der Waals surface area contributed by atoms with E-state index in [1.165, 1.54) is 5.56 Å². The summed E-state index contributed by atoms with van der Waals surface area (Å²) in [6.07, 6.45) is 1.76. The van der Waals surface area contributed by atoms with Gasteiger partial charge in [0.25, 0.3) is 0 Å². The first-order chi connectivity index (χ1) is 12.6. The second-order valence-electron chi connectivity index (χ2n) is 6.53. The van der Waals surface area contributed by atoms with Crippen LogP contribution in [0.1, 0.15) is 17.7 Å². The lowest BCUT2D eigenvalue weighted by Crippen LogP contribution is -2.15. The fourth-order valence-electron chi connectivity index (χ4n) is 2.76. The van der Waals surface area contributed by atoms with E-state index in [-0.39, 0.29) is 0 Å². The second-order valence-corrected chi connectivity index (χ2v) is 6.97. The molecule has 1 aromatic heterocycles. The van der Waals surface area contributed by atoms with Crippen LogP contribution in [0.25, 0.3) is 5.69 Å². The van der Waals surface area contributed by atoms with Crippen LogP contribution in [0.15, 0.2) is 60.7 Å². The summed E-state index contributed by atoms with van der Waals surface area (Å²) < 4.78 is 7.81. The molecular formula is C21H24ClN3O. The quantitative estimate of drug-likeness (QED) is 0.549. The van der Waals surface area contributed by atoms with Gasteiger partial charge in [-0.25, -0.2) is 4.68 Å². The van der Waals surface area contributed by atoms with E-state index >= 15 is 0 Å². The molecule has 0 aliphatic carbocycles. The molecule has 0 unspecified atom stereocenters. The lowest BCUT2D eigenvalue weighted by atomic mass is 10.1. The molecule has 5 heteroatoms. The molecule has 3 aromatic rings. The summed E-state index contributed by atoms with van der Waals surface area (Å²) >= 11 is 6.03. The van der Waals surface area contributed by atoms with E-state index in [9.17, 15) is 0 Å². The predicted molar refractivity (Wildman–Crippen MR) is 106 cm³/mol. The predicted octanol–water partition coefficient (Wildman–Crippen LogP) is 4.45. The van der Waals surface area contributed by atoms with E-state index in [4.69, 9.17) is 16.3 Å². The minimum Gasteiger partial charge on any atom is -0.477 e. The number of hydrogen-bond donors (Lipinski definition) is 0. The van der Waals surface area contributed by atoms with Gasteiger partial charge in [-0.3, -0.25) is 0 Å². The normalized spacial score (nSPS) is 11.1. The average molecular weight is 370 g/mol. The molecule has 4 nitrogen and oxygen atoms in total. The van der Waals surface area contributed by atoms with Gasteiger partial charge in [0.15, 0.2) is 0 Å². The number of benzene rings is 2. The van der Waals surface area contributed by atoms with Crippen LogP contribution in [0.5, 0.6) is 5.88 Å². The molecule has 136 valence electrons. The molecule has 0 aliphatic rings. The molecule has 3 rings (SSSR count). The van der Waals surface area contributed by atoms with Crippen molar-refractivity contribution in [2.75, 3.05) is 27.2 Å². The molecule has 0 N–H and O–H groups in total. The van der Waals surface area contributed by atoms with Crippen LogP contribution in [-0.2, 0) is 6.42 Å². The molecule has 0 amide bonds. The number of nitrogens with zero attached hydrogens (tertiary/aromatic N) is 3. The summed E-state index contributed by atoms with van der Waals surface area (Å²) in [6, 6.07) is 20.1. The van der Waals surface area contributed by atoms with Gasteiger partial charge in [-0.15, -0.1) is 5.10 Å². The highest BCUT2D eigenvalue weighted by Crippen LogP contribution is 2.21. The third kappa shape index (κ3) is 5.10. The summed E-state index contributed by atoms with van der Waals surface area (Å²) in [5.41, 5.74) is 3.30. The van der Waals surface area contributed by atoms with E-state index in [2.05, 4.69) is 48.4 Å². The highest BCUT2D eigenvalue weighted by Gasteiger charge is 2.11. The smallest absolute Gasteiger partial charge is 0.233 e. The van der Waals surface area contributed by atoms with Crippen molar-refractivity contribution >= 4 is 11.6 Å². The maximum absolute atomic E-state index is 6.03. The van der Waals surface area contributed by atoms with Gasteiger partial charge in [-0.2, -0.15) is 0 Å². The molecule has 0 saturated heterocycles. The molecule has 2 aromatic carbocycles. The third-order valence-corrected chi connectivity index (χ3v) is 4.31. The summed E-state index contributed by atoms with van der Waals surface area (Å²) in [6.45, 7) is 1.65. The molecule has 0 aliphatic heterocycles. The Kier molecular flexibility index (Phi) is 6.31. The van der Waals surface area contributed by atoms with Crippen molar-refractivity contribution in [2.24, 2.45) is 0 Å². The van der Waals surface area contributed by atoms with Crippen LogP contribution in [0.3, 0.4) is 0 Å². The Morgan fingerprint density at radius 3 is 2.46 bits per heavy atom. The SMILES string of the molecule is CN(C)CCCOc1cc(Cc2ccccc2)n(-c2ccc(Cl)cc2)n1. The zero-order valence-electron chi connectivity index (χ0n) is 15.2. The van der Waals surface area contributed by atoms with Crippen molar-refractivity contribution in [3.05, 3.63) is 76.9 Å². The molecule has 0 fully saturated rings. The van der Waals surface area contributed by atoms with Crippen molar-refractivity contribution in [1.82, 2.24) is 14.7 Å². The fourth-order valence-corrected chi connectivity index (χ4v) is 2.89. The molecule has 26 heavy (non-hydrogen) atoms. The summed E-state index contributed by atoms with van der Waals surface area (Å²) in [5, 5.41) is 5.37. The maximum atomic E-state index is 6.03. The van der Waals surface area contributed by atoms with E-state index in [0.29, 0.717) is 17.5 Å². The van der Waals surface area contributed by atoms with Crippen molar-refractivity contribution in [3.8, 4) is 11.6 Å². The van der Waals surface area contributed by atoms with Gasteiger partial charge in [0.05, 0.1) is 18.0 Å². The van der Waals surface area contributed by atoms with Crippen LogP contribution in [0.2, 0.25) is 5.02 Å². The summed E-state index contributed by atoms with van der Waals surface area (Å²) in [4.78, 5) is 2.15. The monoisotopic (exact) mass is 369 g/mol. The Balaban J connectivity index is 1.81. The molecule has 0 atom stereocenters. The number of aromatic nitrogens is 2. The summed E-state index contributed by atoms with van der Waals surface area (Å²) in [7, 11) is 4.13. The Morgan fingerprint density at radius 2 is 1.77 bits per heavy atom. The van der Waals surface area contributed by atoms with Gasteiger partial charge in [0, 0.05) is 24.1 Å². The van der Waals surface area contributed by atoms with E-state index in [1.807, 2.05) is 41.1 Å². The van der Waals surface area contributed by atoms with Crippen LogP contribution >= 0.6 is 11.6 Å². The van der Waals surface area contributed by atoms with Crippen molar-refractivity contribution in [1.29, 1.82) is 0 Å². The zero-order chi connectivity index (χ0) is 18.4. The third-order valence-electron chi connectivity index (χ3n) is 4.06. The Hall–Kier alpha value is -2.30. The topological polar surface area (TPSA) is 30.3 Å². The van der Waals surface area contributed by atoms with Crippen molar-refractivity contribution < 1.29 is 4.74 Å². The van der Waals surface area contributed by atoms with Gasteiger partial charge in [0.2, 0.25) is 5.88 Å². The van der Waals surface area contributed by atoms with Gasteiger partial charge in [-0.05, 0) is 50.3 Å². The van der Waals surface area contributed by atoms with Crippen LogP contribution in [-0.4, -0.2) is 41.9 Å². The zero-order valence-corrected chi connectivity index (χ0v) is 16.0. The number of halogens is 1. The maximum Gasteiger partial charge on any atom is 0.233 e. The Morgan fingerprint density at radius 1 is 1.04 bits per heavy atom. The van der Waals surface area contributed by atoms with Gasteiger partial charge < -0.3 is 9.64 Å². The fraction of sp³-hybridized carbons (Fsp3) is 0.286. The minimum atomic E-state index is 0.653. The Labute approximate surface area is 160 Å². The molecule has 0 radical (unpaired) electrons. The summed E-state index contributed by atoms with van der Waals surface area (Å²) in [5.74, 6) is 0.657.